The van der Waals surface area contributed by atoms with Gasteiger partial charge in [0.15, 0.2) is 0 Å². The predicted octanol–water partition coefficient (Wildman–Crippen LogP) is 0.329. The van der Waals surface area contributed by atoms with Crippen LogP contribution in [0.4, 0.5) is 0 Å². The molecule has 5 nitrogen and oxygen atoms in total. The molecule has 1 heterocycles. The summed E-state index contributed by atoms with van der Waals surface area (Å²) in [7, 11) is -3.01. The van der Waals surface area contributed by atoms with Crippen molar-refractivity contribution in [2.24, 2.45) is 17.6 Å². The number of nitrogens with zero attached hydrogens (tertiary/aromatic N) is 2. The molecule has 2 fully saturated rings. The van der Waals surface area contributed by atoms with Crippen LogP contribution in [-0.2, 0) is 10.0 Å². The highest BCUT2D eigenvalue weighted by Crippen LogP contribution is 2.30. The van der Waals surface area contributed by atoms with E-state index in [-0.39, 0.29) is 0 Å². The van der Waals surface area contributed by atoms with E-state index < -0.39 is 10.0 Å². The monoisotopic (exact) mass is 289 g/mol. The molecule has 0 bridgehead atoms. The minimum Gasteiger partial charge on any atom is -0.330 e. The van der Waals surface area contributed by atoms with Crippen LogP contribution < -0.4 is 5.73 Å². The lowest BCUT2D eigenvalue weighted by molar-refractivity contribution is 0.122. The summed E-state index contributed by atoms with van der Waals surface area (Å²) >= 11 is 0. The summed E-state index contributed by atoms with van der Waals surface area (Å²) < 4.78 is 24.5. The largest absolute Gasteiger partial charge is 0.330 e. The molecule has 2 atom stereocenters. The molecular formula is C13H27N3O2S. The minimum atomic E-state index is -3.01. The van der Waals surface area contributed by atoms with Crippen LogP contribution in [-0.4, -0.2) is 63.1 Å². The van der Waals surface area contributed by atoms with Gasteiger partial charge in [0.05, 0.1) is 6.26 Å². The molecule has 1 aliphatic heterocycles. The third-order valence-corrected chi connectivity index (χ3v) is 5.97. The van der Waals surface area contributed by atoms with E-state index in [4.69, 9.17) is 5.73 Å². The summed E-state index contributed by atoms with van der Waals surface area (Å²) in [6.45, 7) is 4.90. The van der Waals surface area contributed by atoms with E-state index in [1.807, 2.05) is 0 Å². The zero-order chi connectivity index (χ0) is 13.9. The van der Waals surface area contributed by atoms with Crippen LogP contribution in [0.25, 0.3) is 0 Å². The normalized spacial score (nSPS) is 31.5. The summed E-state index contributed by atoms with van der Waals surface area (Å²) in [5, 5.41) is 0. The third-order valence-electron chi connectivity index (χ3n) is 4.66. The molecule has 2 rings (SSSR count). The summed E-state index contributed by atoms with van der Waals surface area (Å²) in [5.74, 6) is 1.38. The zero-order valence-electron chi connectivity index (χ0n) is 11.9. The first kappa shape index (κ1) is 15.2. The van der Waals surface area contributed by atoms with E-state index in [0.29, 0.717) is 24.9 Å². The molecule has 2 aliphatic rings. The Morgan fingerprint density at radius 3 is 2.16 bits per heavy atom. The molecule has 1 saturated heterocycles. The van der Waals surface area contributed by atoms with Crippen LogP contribution in [0.1, 0.15) is 25.7 Å². The maximum Gasteiger partial charge on any atom is 0.211 e. The van der Waals surface area contributed by atoms with Crippen LogP contribution >= 0.6 is 0 Å². The average Bonchev–Trinajstić information content (AvgIpc) is 2.39. The van der Waals surface area contributed by atoms with Gasteiger partial charge in [0.25, 0.3) is 0 Å². The van der Waals surface area contributed by atoms with Gasteiger partial charge in [-0.1, -0.05) is 12.8 Å². The van der Waals surface area contributed by atoms with Gasteiger partial charge >= 0.3 is 0 Å². The van der Waals surface area contributed by atoms with Crippen LogP contribution in [0.2, 0.25) is 0 Å². The number of piperazine rings is 1. The Bertz CT molecular complexity index is 377. The molecule has 0 aromatic carbocycles. The molecule has 0 spiro atoms. The van der Waals surface area contributed by atoms with Crippen molar-refractivity contribution in [2.45, 2.75) is 25.7 Å². The SMILES string of the molecule is CS(=O)(=O)N1CCN(CC2CCCCC2CN)CC1. The molecule has 0 radical (unpaired) electrons. The highest BCUT2D eigenvalue weighted by Gasteiger charge is 2.29. The Labute approximate surface area is 117 Å². The van der Waals surface area contributed by atoms with Crippen LogP contribution in [0.15, 0.2) is 0 Å². The Hall–Kier alpha value is -0.170. The van der Waals surface area contributed by atoms with Gasteiger partial charge in [-0.15, -0.1) is 0 Å². The lowest BCUT2D eigenvalue weighted by Crippen LogP contribution is -2.50. The van der Waals surface area contributed by atoms with E-state index in [0.717, 1.165) is 26.2 Å². The van der Waals surface area contributed by atoms with Crippen molar-refractivity contribution in [3.8, 4) is 0 Å². The Morgan fingerprint density at radius 1 is 1.05 bits per heavy atom. The third kappa shape index (κ3) is 4.15. The Kier molecular flexibility index (Phi) is 5.22. The summed E-state index contributed by atoms with van der Waals surface area (Å²) in [6, 6.07) is 0. The lowest BCUT2D eigenvalue weighted by atomic mass is 9.79. The van der Waals surface area contributed by atoms with Crippen molar-refractivity contribution in [1.29, 1.82) is 0 Å². The number of sulfonamides is 1. The van der Waals surface area contributed by atoms with E-state index in [9.17, 15) is 8.42 Å². The first-order valence-corrected chi connectivity index (χ1v) is 9.23. The van der Waals surface area contributed by atoms with Crippen molar-refractivity contribution in [2.75, 3.05) is 45.5 Å². The standard InChI is InChI=1S/C13H27N3O2S/c1-19(17,18)16-8-6-15(7-9-16)11-13-5-3-2-4-12(13)10-14/h12-13H,2-11,14H2,1H3. The molecular weight excluding hydrogens is 262 g/mol. The molecule has 6 heteroatoms. The molecule has 2 N–H and O–H groups in total. The molecule has 0 aromatic heterocycles. The smallest absolute Gasteiger partial charge is 0.211 e. The number of nitrogens with two attached hydrogens (primary N) is 1. The van der Waals surface area contributed by atoms with Crippen LogP contribution in [0.3, 0.4) is 0 Å². The molecule has 112 valence electrons. The van der Waals surface area contributed by atoms with Crippen molar-refractivity contribution >= 4 is 10.0 Å². The van der Waals surface area contributed by atoms with Gasteiger partial charge in [-0.3, -0.25) is 0 Å². The van der Waals surface area contributed by atoms with Gasteiger partial charge in [0.2, 0.25) is 10.0 Å². The van der Waals surface area contributed by atoms with Gasteiger partial charge in [-0.05, 0) is 31.2 Å². The fourth-order valence-corrected chi connectivity index (χ4v) is 4.24. The summed E-state index contributed by atoms with van der Waals surface area (Å²) in [6.07, 6.45) is 6.50. The van der Waals surface area contributed by atoms with Gasteiger partial charge in [-0.25, -0.2) is 8.42 Å². The van der Waals surface area contributed by atoms with Gasteiger partial charge in [0.1, 0.15) is 0 Å². The Balaban J connectivity index is 1.82. The van der Waals surface area contributed by atoms with E-state index in [2.05, 4.69) is 4.90 Å². The van der Waals surface area contributed by atoms with Crippen LogP contribution in [0.5, 0.6) is 0 Å². The second-order valence-electron chi connectivity index (χ2n) is 6.00. The average molecular weight is 289 g/mol. The topological polar surface area (TPSA) is 66.6 Å². The second-order valence-corrected chi connectivity index (χ2v) is 7.99. The maximum atomic E-state index is 11.5. The van der Waals surface area contributed by atoms with Gasteiger partial charge in [-0.2, -0.15) is 4.31 Å². The zero-order valence-corrected chi connectivity index (χ0v) is 12.7. The number of rotatable bonds is 4. The molecule has 1 saturated carbocycles. The first-order chi connectivity index (χ1) is 9.00. The number of hydrogen-bond acceptors (Lipinski definition) is 4. The van der Waals surface area contributed by atoms with Crippen molar-refractivity contribution < 1.29 is 8.42 Å². The molecule has 2 unspecified atom stereocenters. The van der Waals surface area contributed by atoms with E-state index in [1.54, 1.807) is 4.31 Å². The van der Waals surface area contributed by atoms with Gasteiger partial charge in [0, 0.05) is 32.7 Å². The van der Waals surface area contributed by atoms with Crippen LogP contribution in [0, 0.1) is 11.8 Å². The maximum absolute atomic E-state index is 11.5. The van der Waals surface area contributed by atoms with Crippen molar-refractivity contribution in [3.63, 3.8) is 0 Å². The first-order valence-electron chi connectivity index (χ1n) is 7.38. The van der Waals surface area contributed by atoms with E-state index in [1.165, 1.54) is 31.9 Å². The summed E-state index contributed by atoms with van der Waals surface area (Å²) in [5.41, 5.74) is 5.87. The molecule has 0 aromatic rings. The predicted molar refractivity (Wildman–Crippen MR) is 77.4 cm³/mol. The molecule has 19 heavy (non-hydrogen) atoms. The fraction of sp³-hybridized carbons (Fsp3) is 1.00. The van der Waals surface area contributed by atoms with E-state index >= 15 is 0 Å². The minimum absolute atomic E-state index is 0.638. The molecule has 1 aliphatic carbocycles. The quantitative estimate of drug-likeness (QED) is 0.810. The lowest BCUT2D eigenvalue weighted by Gasteiger charge is -2.38. The van der Waals surface area contributed by atoms with Crippen molar-refractivity contribution in [1.82, 2.24) is 9.21 Å². The highest BCUT2D eigenvalue weighted by atomic mass is 32.2. The van der Waals surface area contributed by atoms with Gasteiger partial charge < -0.3 is 10.6 Å². The molecule has 0 amide bonds. The fourth-order valence-electron chi connectivity index (χ4n) is 3.41. The van der Waals surface area contributed by atoms with Crippen molar-refractivity contribution in [3.05, 3.63) is 0 Å². The highest BCUT2D eigenvalue weighted by molar-refractivity contribution is 7.88. The number of hydrogen-bond donors (Lipinski definition) is 1. The summed E-state index contributed by atoms with van der Waals surface area (Å²) in [4.78, 5) is 2.42. The Morgan fingerprint density at radius 2 is 1.63 bits per heavy atom. The second kappa shape index (κ2) is 6.52.